The maximum absolute atomic E-state index is 13.1. The summed E-state index contributed by atoms with van der Waals surface area (Å²) in [6.45, 7) is 1.16. The van der Waals surface area contributed by atoms with Crippen LogP contribution in [0, 0.1) is 0 Å². The van der Waals surface area contributed by atoms with E-state index in [9.17, 15) is 13.2 Å². The van der Waals surface area contributed by atoms with Crippen LogP contribution in [0.25, 0.3) is 0 Å². The third-order valence-electron chi connectivity index (χ3n) is 4.46. The molecular weight excluding hydrogens is 326 g/mol. The van der Waals surface area contributed by atoms with Gasteiger partial charge in [0.2, 0.25) is 0 Å². The number of hydrogen-bond donors (Lipinski definition) is 0. The largest absolute Gasteiger partial charge is 0.468 e. The van der Waals surface area contributed by atoms with Crippen LogP contribution >= 0.6 is 0 Å². The fourth-order valence-electron chi connectivity index (χ4n) is 3.18. The van der Waals surface area contributed by atoms with Gasteiger partial charge in [-0.25, -0.2) is 8.42 Å². The Bertz CT molecular complexity index is 782. The van der Waals surface area contributed by atoms with Crippen LogP contribution in [0.15, 0.2) is 52.0 Å². The van der Waals surface area contributed by atoms with E-state index in [-0.39, 0.29) is 0 Å². The van der Waals surface area contributed by atoms with Crippen molar-refractivity contribution in [1.29, 1.82) is 0 Å². The molecule has 2 heterocycles. The van der Waals surface area contributed by atoms with Crippen LogP contribution in [0.3, 0.4) is 0 Å². The number of carbonyl (C=O) groups is 1. The summed E-state index contributed by atoms with van der Waals surface area (Å²) in [6.07, 6.45) is 4.64. The Morgan fingerprint density at radius 3 is 2.75 bits per heavy atom. The number of unbranched alkanes of at least 4 members (excludes halogenated alkanes) is 1. The molecule has 0 saturated heterocycles. The highest BCUT2D eigenvalue weighted by molar-refractivity contribution is 7.92. The lowest BCUT2D eigenvalue weighted by atomic mass is 10.1. The molecule has 1 unspecified atom stereocenters. The second kappa shape index (κ2) is 7.32. The van der Waals surface area contributed by atoms with Gasteiger partial charge in [0.1, 0.15) is 17.4 Å². The SMILES string of the molecule is O=CCCCC(N1CCc2ccoc2C1)S(=O)(=O)c1ccccc1. The Morgan fingerprint density at radius 2 is 2.00 bits per heavy atom. The number of furan rings is 1. The maximum atomic E-state index is 13.1. The van der Waals surface area contributed by atoms with Crippen LogP contribution in [-0.2, 0) is 27.6 Å². The minimum absolute atomic E-state index is 0.325. The Hall–Kier alpha value is -1.92. The molecule has 0 spiro atoms. The number of hydrogen-bond acceptors (Lipinski definition) is 5. The van der Waals surface area contributed by atoms with E-state index in [0.717, 1.165) is 24.0 Å². The predicted octanol–water partition coefficient (Wildman–Crippen LogP) is 2.81. The first-order valence-corrected chi connectivity index (χ1v) is 9.69. The van der Waals surface area contributed by atoms with E-state index in [1.807, 2.05) is 11.0 Å². The molecule has 1 aromatic carbocycles. The molecule has 0 radical (unpaired) electrons. The summed E-state index contributed by atoms with van der Waals surface area (Å²) >= 11 is 0. The Morgan fingerprint density at radius 1 is 1.21 bits per heavy atom. The van der Waals surface area contributed by atoms with Gasteiger partial charge in [-0.1, -0.05) is 18.2 Å². The van der Waals surface area contributed by atoms with E-state index in [1.165, 1.54) is 0 Å². The minimum atomic E-state index is -3.50. The molecule has 3 rings (SSSR count). The van der Waals surface area contributed by atoms with Crippen molar-refractivity contribution < 1.29 is 17.6 Å². The number of fused-ring (bicyclic) bond motifs is 1. The molecule has 128 valence electrons. The van der Waals surface area contributed by atoms with Crippen LogP contribution in [0.2, 0.25) is 0 Å². The van der Waals surface area contributed by atoms with Crippen LogP contribution < -0.4 is 0 Å². The van der Waals surface area contributed by atoms with Gasteiger partial charge >= 0.3 is 0 Å². The van der Waals surface area contributed by atoms with Crippen molar-refractivity contribution in [1.82, 2.24) is 4.90 Å². The summed E-state index contributed by atoms with van der Waals surface area (Å²) in [5, 5.41) is -0.641. The highest BCUT2D eigenvalue weighted by atomic mass is 32.2. The van der Waals surface area contributed by atoms with Gasteiger partial charge in [0.05, 0.1) is 17.7 Å². The zero-order valence-electron chi connectivity index (χ0n) is 13.4. The molecule has 2 aromatic rings. The van der Waals surface area contributed by atoms with E-state index in [4.69, 9.17) is 4.42 Å². The van der Waals surface area contributed by atoms with Crippen molar-refractivity contribution in [3.8, 4) is 0 Å². The number of rotatable bonds is 7. The highest BCUT2D eigenvalue weighted by Gasteiger charge is 2.35. The van der Waals surface area contributed by atoms with E-state index >= 15 is 0 Å². The van der Waals surface area contributed by atoms with Gasteiger partial charge in [-0.3, -0.25) is 4.90 Å². The van der Waals surface area contributed by atoms with Gasteiger partial charge < -0.3 is 9.21 Å². The van der Waals surface area contributed by atoms with Crippen LogP contribution in [-0.4, -0.2) is 31.5 Å². The monoisotopic (exact) mass is 347 g/mol. The molecule has 6 heteroatoms. The average molecular weight is 347 g/mol. The molecule has 24 heavy (non-hydrogen) atoms. The van der Waals surface area contributed by atoms with Gasteiger partial charge in [0.15, 0.2) is 9.84 Å². The van der Waals surface area contributed by atoms with Crippen molar-refractivity contribution >= 4 is 16.1 Å². The summed E-state index contributed by atoms with van der Waals surface area (Å²) in [6, 6.07) is 10.5. The standard InChI is InChI=1S/C18H21NO4S/c20-12-5-4-8-18(24(21,22)16-6-2-1-3-7-16)19-11-9-15-10-13-23-17(15)14-19/h1-3,6-7,10,12-13,18H,4-5,8-9,11,14H2. The molecule has 5 nitrogen and oxygen atoms in total. The second-order valence-electron chi connectivity index (χ2n) is 6.00. The molecule has 1 atom stereocenters. The van der Waals surface area contributed by atoms with Crippen molar-refractivity contribution in [3.63, 3.8) is 0 Å². The van der Waals surface area contributed by atoms with Crippen molar-refractivity contribution in [2.45, 2.75) is 42.5 Å². The maximum Gasteiger partial charge on any atom is 0.194 e. The number of sulfone groups is 1. The predicted molar refractivity (Wildman–Crippen MR) is 90.2 cm³/mol. The fraction of sp³-hybridized carbons (Fsp3) is 0.389. The van der Waals surface area contributed by atoms with E-state index in [0.29, 0.717) is 37.2 Å². The smallest absolute Gasteiger partial charge is 0.194 e. The van der Waals surface area contributed by atoms with Crippen LogP contribution in [0.1, 0.15) is 30.6 Å². The fourth-order valence-corrected chi connectivity index (χ4v) is 5.08. The number of benzene rings is 1. The van der Waals surface area contributed by atoms with Gasteiger partial charge in [-0.2, -0.15) is 0 Å². The lowest BCUT2D eigenvalue weighted by Gasteiger charge is -2.33. The second-order valence-corrected chi connectivity index (χ2v) is 8.11. The normalized spacial score (nSPS) is 16.5. The highest BCUT2D eigenvalue weighted by Crippen LogP contribution is 2.28. The molecular formula is C18H21NO4S. The Balaban J connectivity index is 1.88. The van der Waals surface area contributed by atoms with Crippen LogP contribution in [0.5, 0.6) is 0 Å². The molecule has 0 N–H and O–H groups in total. The molecule has 0 bridgehead atoms. The summed E-state index contributed by atoms with van der Waals surface area (Å²) < 4.78 is 31.7. The van der Waals surface area contributed by atoms with Gasteiger partial charge in [-0.15, -0.1) is 0 Å². The van der Waals surface area contributed by atoms with E-state index < -0.39 is 15.2 Å². The number of carbonyl (C=O) groups excluding carboxylic acids is 1. The summed E-state index contributed by atoms with van der Waals surface area (Å²) in [4.78, 5) is 12.9. The van der Waals surface area contributed by atoms with Gasteiger partial charge in [-0.05, 0) is 43.0 Å². The third-order valence-corrected chi connectivity index (χ3v) is 6.64. The average Bonchev–Trinajstić information content (AvgIpc) is 3.07. The van der Waals surface area contributed by atoms with Crippen molar-refractivity contribution in [2.75, 3.05) is 6.54 Å². The zero-order valence-corrected chi connectivity index (χ0v) is 14.2. The van der Waals surface area contributed by atoms with Crippen molar-refractivity contribution in [3.05, 3.63) is 54.0 Å². The van der Waals surface area contributed by atoms with E-state index in [2.05, 4.69) is 0 Å². The number of aldehydes is 1. The third kappa shape index (κ3) is 3.44. The van der Waals surface area contributed by atoms with E-state index in [1.54, 1.807) is 36.6 Å². The Kier molecular flexibility index (Phi) is 5.16. The summed E-state index contributed by atoms with van der Waals surface area (Å²) in [7, 11) is -3.50. The first-order chi connectivity index (χ1) is 11.6. The molecule has 0 amide bonds. The zero-order chi connectivity index (χ0) is 17.0. The molecule has 1 aromatic heterocycles. The molecule has 1 aliphatic heterocycles. The lowest BCUT2D eigenvalue weighted by molar-refractivity contribution is -0.108. The first kappa shape index (κ1) is 16.9. The summed E-state index contributed by atoms with van der Waals surface area (Å²) in [5.41, 5.74) is 1.15. The van der Waals surface area contributed by atoms with Gasteiger partial charge in [0.25, 0.3) is 0 Å². The number of nitrogens with zero attached hydrogens (tertiary/aromatic N) is 1. The molecule has 0 saturated carbocycles. The summed E-state index contributed by atoms with van der Waals surface area (Å²) in [5.74, 6) is 0.838. The topological polar surface area (TPSA) is 67.6 Å². The molecule has 0 aliphatic carbocycles. The Labute approximate surface area is 142 Å². The van der Waals surface area contributed by atoms with Crippen molar-refractivity contribution in [2.24, 2.45) is 0 Å². The van der Waals surface area contributed by atoms with Gasteiger partial charge in [0, 0.05) is 13.0 Å². The lowest BCUT2D eigenvalue weighted by Crippen LogP contribution is -2.43. The molecule has 0 fully saturated rings. The minimum Gasteiger partial charge on any atom is -0.468 e. The first-order valence-electron chi connectivity index (χ1n) is 8.15. The van der Waals surface area contributed by atoms with Crippen LogP contribution in [0.4, 0.5) is 0 Å². The molecule has 1 aliphatic rings. The quantitative estimate of drug-likeness (QED) is 0.569.